The summed E-state index contributed by atoms with van der Waals surface area (Å²) < 4.78 is 7.82. The summed E-state index contributed by atoms with van der Waals surface area (Å²) in [6.45, 7) is 2.45. The molecule has 3 heterocycles. The van der Waals surface area contributed by atoms with Crippen molar-refractivity contribution in [1.82, 2.24) is 14.7 Å². The average molecular weight is 339 g/mol. The molecule has 0 N–H and O–H groups in total. The van der Waals surface area contributed by atoms with Crippen LogP contribution in [0.25, 0.3) is 0 Å². The summed E-state index contributed by atoms with van der Waals surface area (Å²) >= 11 is 0. The fraction of sp³-hybridized carbons (Fsp3) is 0.500. The maximum absolute atomic E-state index is 13.0. The van der Waals surface area contributed by atoms with E-state index in [1.54, 1.807) is 0 Å². The van der Waals surface area contributed by atoms with Gasteiger partial charge in [-0.3, -0.25) is 9.48 Å². The summed E-state index contributed by atoms with van der Waals surface area (Å²) in [5.41, 5.74) is 2.37. The van der Waals surface area contributed by atoms with Crippen LogP contribution in [0.2, 0.25) is 0 Å². The number of hydrogen-bond acceptors (Lipinski definition) is 3. The van der Waals surface area contributed by atoms with E-state index in [9.17, 15) is 4.79 Å². The van der Waals surface area contributed by atoms with Gasteiger partial charge in [0.15, 0.2) is 0 Å². The molecule has 2 aromatic rings. The summed E-state index contributed by atoms with van der Waals surface area (Å²) in [6.07, 6.45) is 6.77. The van der Waals surface area contributed by atoms with Crippen molar-refractivity contribution < 1.29 is 9.53 Å². The number of aryl methyl sites for hydroxylation is 1. The molecule has 1 aromatic heterocycles. The maximum atomic E-state index is 13.0. The van der Waals surface area contributed by atoms with Crippen molar-refractivity contribution in [3.8, 4) is 0 Å². The third kappa shape index (κ3) is 3.47. The quantitative estimate of drug-likeness (QED) is 0.860. The lowest BCUT2D eigenvalue weighted by molar-refractivity contribution is -0.151. The molecule has 0 saturated carbocycles. The molecule has 2 aliphatic heterocycles. The van der Waals surface area contributed by atoms with Crippen LogP contribution in [0.15, 0.2) is 42.7 Å². The van der Waals surface area contributed by atoms with E-state index in [1.165, 1.54) is 5.56 Å². The molecule has 1 amide bonds. The van der Waals surface area contributed by atoms with Crippen molar-refractivity contribution in [3.05, 3.63) is 53.9 Å². The van der Waals surface area contributed by atoms with Crippen LogP contribution in [0.1, 0.15) is 30.1 Å². The smallest absolute Gasteiger partial charge is 0.228 e. The number of hydrogen-bond donors (Lipinski definition) is 0. The highest BCUT2D eigenvalue weighted by Gasteiger charge is 2.39. The number of nitrogens with zero attached hydrogens (tertiary/aromatic N) is 3. The van der Waals surface area contributed by atoms with Crippen LogP contribution in [0.4, 0.5) is 0 Å². The summed E-state index contributed by atoms with van der Waals surface area (Å²) in [5.74, 6) is 0.763. The van der Waals surface area contributed by atoms with Gasteiger partial charge in [-0.2, -0.15) is 5.10 Å². The van der Waals surface area contributed by atoms with Crippen LogP contribution >= 0.6 is 0 Å². The van der Waals surface area contributed by atoms with Crippen molar-refractivity contribution in [2.45, 2.75) is 25.4 Å². The fourth-order valence-corrected chi connectivity index (χ4v) is 4.03. The Kier molecular flexibility index (Phi) is 4.57. The van der Waals surface area contributed by atoms with E-state index >= 15 is 0 Å². The van der Waals surface area contributed by atoms with Gasteiger partial charge in [0.25, 0.3) is 0 Å². The van der Waals surface area contributed by atoms with E-state index in [0.717, 1.165) is 44.5 Å². The number of amides is 1. The van der Waals surface area contributed by atoms with E-state index < -0.39 is 0 Å². The third-order valence-corrected chi connectivity index (χ3v) is 5.32. The molecule has 2 atom stereocenters. The highest BCUT2D eigenvalue weighted by molar-refractivity contribution is 5.80. The SMILES string of the molecule is Cn1cc(CC2CN(C(=O)[C@@H]3CCCO[C@H]3c3ccccc3)C2)cn1. The molecule has 0 radical (unpaired) electrons. The molecular formula is C20H25N3O2. The fourth-order valence-electron chi connectivity index (χ4n) is 4.03. The number of likely N-dealkylation sites (tertiary alicyclic amines) is 1. The second-order valence-electron chi connectivity index (χ2n) is 7.29. The molecule has 5 nitrogen and oxygen atoms in total. The minimum absolute atomic E-state index is 0.0458. The average Bonchev–Trinajstić information content (AvgIpc) is 3.03. The van der Waals surface area contributed by atoms with Crippen molar-refractivity contribution >= 4 is 5.91 Å². The van der Waals surface area contributed by atoms with Crippen LogP contribution < -0.4 is 0 Å². The van der Waals surface area contributed by atoms with Crippen molar-refractivity contribution in [1.29, 1.82) is 0 Å². The minimum atomic E-state index is -0.0974. The molecule has 2 saturated heterocycles. The molecule has 5 heteroatoms. The van der Waals surface area contributed by atoms with Gasteiger partial charge in [-0.15, -0.1) is 0 Å². The monoisotopic (exact) mass is 339 g/mol. The number of carbonyl (C=O) groups excluding carboxylic acids is 1. The zero-order valence-electron chi connectivity index (χ0n) is 14.7. The molecule has 2 fully saturated rings. The summed E-state index contributed by atoms with van der Waals surface area (Å²) in [6, 6.07) is 10.2. The molecule has 0 aliphatic carbocycles. The first-order chi connectivity index (χ1) is 12.2. The van der Waals surface area contributed by atoms with Gasteiger partial charge in [-0.1, -0.05) is 30.3 Å². The zero-order valence-corrected chi connectivity index (χ0v) is 14.7. The lowest BCUT2D eigenvalue weighted by Crippen LogP contribution is -2.54. The van der Waals surface area contributed by atoms with E-state index in [4.69, 9.17) is 4.74 Å². The van der Waals surface area contributed by atoms with E-state index in [0.29, 0.717) is 5.92 Å². The number of carbonyl (C=O) groups is 1. The van der Waals surface area contributed by atoms with Crippen molar-refractivity contribution in [3.63, 3.8) is 0 Å². The molecule has 2 aliphatic rings. The molecule has 132 valence electrons. The van der Waals surface area contributed by atoms with Crippen LogP contribution in [0.5, 0.6) is 0 Å². The van der Waals surface area contributed by atoms with Crippen LogP contribution in [0.3, 0.4) is 0 Å². The van der Waals surface area contributed by atoms with Gasteiger partial charge in [0.1, 0.15) is 0 Å². The predicted octanol–water partition coefficient (Wildman–Crippen LogP) is 2.59. The first-order valence-electron chi connectivity index (χ1n) is 9.13. The largest absolute Gasteiger partial charge is 0.373 e. The molecular weight excluding hydrogens is 314 g/mol. The summed E-state index contributed by atoms with van der Waals surface area (Å²) in [5, 5.41) is 4.22. The molecule has 25 heavy (non-hydrogen) atoms. The lowest BCUT2D eigenvalue weighted by atomic mass is 9.85. The molecule has 1 aromatic carbocycles. The highest BCUT2D eigenvalue weighted by atomic mass is 16.5. The normalized spacial score (nSPS) is 24.1. The summed E-state index contributed by atoms with van der Waals surface area (Å²) in [4.78, 5) is 15.0. The van der Waals surface area contributed by atoms with E-state index in [-0.39, 0.29) is 17.9 Å². The Bertz CT molecular complexity index is 722. The van der Waals surface area contributed by atoms with Gasteiger partial charge in [0, 0.05) is 32.9 Å². The van der Waals surface area contributed by atoms with Crippen LogP contribution in [0, 0.1) is 11.8 Å². The molecule has 4 rings (SSSR count). The van der Waals surface area contributed by atoms with Gasteiger partial charge < -0.3 is 9.64 Å². The third-order valence-electron chi connectivity index (χ3n) is 5.32. The number of ether oxygens (including phenoxy) is 1. The first kappa shape index (κ1) is 16.3. The first-order valence-corrected chi connectivity index (χ1v) is 9.13. The Labute approximate surface area is 148 Å². The minimum Gasteiger partial charge on any atom is -0.373 e. The van der Waals surface area contributed by atoms with Crippen LogP contribution in [-0.2, 0) is 23.0 Å². The number of rotatable bonds is 4. The summed E-state index contributed by atoms with van der Waals surface area (Å²) in [7, 11) is 1.94. The van der Waals surface area contributed by atoms with Gasteiger partial charge in [-0.05, 0) is 36.3 Å². The van der Waals surface area contributed by atoms with E-state index in [2.05, 4.69) is 23.4 Å². The van der Waals surface area contributed by atoms with Gasteiger partial charge in [-0.25, -0.2) is 0 Å². The Morgan fingerprint density at radius 1 is 1.28 bits per heavy atom. The number of benzene rings is 1. The second kappa shape index (κ2) is 7.00. The van der Waals surface area contributed by atoms with E-state index in [1.807, 2.05) is 41.0 Å². The van der Waals surface area contributed by atoms with Gasteiger partial charge >= 0.3 is 0 Å². The second-order valence-corrected chi connectivity index (χ2v) is 7.29. The predicted molar refractivity (Wildman–Crippen MR) is 94.8 cm³/mol. The Morgan fingerprint density at radius 3 is 2.80 bits per heavy atom. The highest BCUT2D eigenvalue weighted by Crippen LogP contribution is 2.36. The Hall–Kier alpha value is -2.14. The number of aromatic nitrogens is 2. The van der Waals surface area contributed by atoms with Crippen LogP contribution in [-0.4, -0.2) is 40.3 Å². The maximum Gasteiger partial charge on any atom is 0.228 e. The standard InChI is InChI=1S/C20H25N3O2/c1-22-12-15(11-21-22)10-16-13-23(14-16)20(24)18-8-5-9-25-19(18)17-6-3-2-4-7-17/h2-4,6-7,11-12,16,18-19H,5,8-10,13-14H2,1H3/t18-,19+/m1/s1. The van der Waals surface area contributed by atoms with Crippen molar-refractivity contribution in [2.75, 3.05) is 19.7 Å². The zero-order chi connectivity index (χ0) is 17.2. The molecule has 0 bridgehead atoms. The Morgan fingerprint density at radius 2 is 2.08 bits per heavy atom. The molecule has 0 unspecified atom stereocenters. The Balaban J connectivity index is 1.37. The van der Waals surface area contributed by atoms with Gasteiger partial charge in [0.05, 0.1) is 18.2 Å². The van der Waals surface area contributed by atoms with Gasteiger partial charge in [0.2, 0.25) is 5.91 Å². The lowest BCUT2D eigenvalue weighted by Gasteiger charge is -2.43. The van der Waals surface area contributed by atoms with Crippen molar-refractivity contribution in [2.24, 2.45) is 18.9 Å². The molecule has 0 spiro atoms. The topological polar surface area (TPSA) is 47.4 Å².